The molecule has 0 saturated heterocycles. The van der Waals surface area contributed by atoms with Gasteiger partial charge < -0.3 is 33.7 Å². The summed E-state index contributed by atoms with van der Waals surface area (Å²) in [5, 5.41) is 3.14. The minimum absolute atomic E-state index is 0.0375. The van der Waals surface area contributed by atoms with Gasteiger partial charge in [0.1, 0.15) is 35.4 Å². The second-order valence-corrected chi connectivity index (χ2v) is 9.99. The van der Waals surface area contributed by atoms with Gasteiger partial charge in [-0.3, -0.25) is 4.79 Å². The minimum Gasteiger partial charge on any atom is -0.497 e. The number of methoxy groups -OCH3 is 1. The molecule has 0 bridgehead atoms. The number of carbonyl (C=O) groups excluding carboxylic acids is 1. The van der Waals surface area contributed by atoms with Crippen LogP contribution in [-0.2, 0) is 21.6 Å². The molecule has 3 aliphatic heterocycles. The Kier molecular flexibility index (Phi) is 6.22. The van der Waals surface area contributed by atoms with Gasteiger partial charge in [0.05, 0.1) is 26.4 Å². The Balaban J connectivity index is 1.21. The lowest BCUT2D eigenvalue weighted by Gasteiger charge is -2.34. The van der Waals surface area contributed by atoms with Crippen LogP contribution >= 0.6 is 0 Å². The number of nitrogens with one attached hydrogen (secondary N) is 1. The zero-order valence-corrected chi connectivity index (χ0v) is 21.4. The summed E-state index contributed by atoms with van der Waals surface area (Å²) in [6.45, 7) is 2.50. The molecule has 6 rings (SSSR count). The van der Waals surface area contributed by atoms with E-state index in [9.17, 15) is 13.6 Å². The van der Waals surface area contributed by atoms with Crippen LogP contribution in [0.4, 0.5) is 8.78 Å². The lowest BCUT2D eigenvalue weighted by molar-refractivity contribution is -0.286. The van der Waals surface area contributed by atoms with Gasteiger partial charge in [0.25, 0.3) is 0 Å². The smallest absolute Gasteiger partial charge is 0.497 e. The number of benzene rings is 3. The largest absolute Gasteiger partial charge is 0.586 e. The number of alkyl halides is 2. The van der Waals surface area contributed by atoms with Gasteiger partial charge in [-0.15, -0.1) is 8.78 Å². The first-order chi connectivity index (χ1) is 18.7. The number of fused-ring (bicyclic) bond motifs is 3. The van der Waals surface area contributed by atoms with Crippen molar-refractivity contribution in [3.63, 3.8) is 0 Å². The van der Waals surface area contributed by atoms with Crippen molar-refractivity contribution in [1.29, 1.82) is 0 Å². The Morgan fingerprint density at radius 1 is 1.03 bits per heavy atom. The van der Waals surface area contributed by atoms with E-state index in [4.69, 9.17) is 18.9 Å². The number of halogens is 2. The highest BCUT2D eigenvalue weighted by atomic mass is 19.3. The molecule has 0 fully saturated rings. The van der Waals surface area contributed by atoms with Crippen molar-refractivity contribution in [1.82, 2.24) is 5.32 Å². The topological polar surface area (TPSA) is 84.5 Å². The summed E-state index contributed by atoms with van der Waals surface area (Å²) in [6.07, 6.45) is -3.62. The molecular formula is C29H27F2NO7. The Labute approximate surface area is 223 Å². The summed E-state index contributed by atoms with van der Waals surface area (Å²) < 4.78 is 59.6. The molecule has 204 valence electrons. The third-order valence-corrected chi connectivity index (χ3v) is 7.22. The van der Waals surface area contributed by atoms with E-state index in [-0.39, 0.29) is 30.1 Å². The van der Waals surface area contributed by atoms with E-state index in [2.05, 4.69) is 14.8 Å². The molecule has 39 heavy (non-hydrogen) atoms. The van der Waals surface area contributed by atoms with Crippen LogP contribution in [0.1, 0.15) is 36.1 Å². The van der Waals surface area contributed by atoms with Crippen molar-refractivity contribution in [2.75, 3.05) is 20.3 Å². The van der Waals surface area contributed by atoms with Crippen molar-refractivity contribution in [2.45, 2.75) is 43.8 Å². The van der Waals surface area contributed by atoms with E-state index < -0.39 is 17.8 Å². The van der Waals surface area contributed by atoms with Crippen LogP contribution in [0.5, 0.6) is 28.7 Å². The first-order valence-corrected chi connectivity index (χ1v) is 12.6. The van der Waals surface area contributed by atoms with Gasteiger partial charge in [-0.05, 0) is 30.7 Å². The van der Waals surface area contributed by atoms with Crippen LogP contribution in [0.25, 0.3) is 0 Å². The fraction of sp³-hybridized carbons (Fsp3) is 0.345. The monoisotopic (exact) mass is 539 g/mol. The number of hydrogen-bond donors (Lipinski definition) is 1. The van der Waals surface area contributed by atoms with Crippen LogP contribution in [0, 0.1) is 0 Å². The lowest BCUT2D eigenvalue weighted by atomic mass is 9.82. The van der Waals surface area contributed by atoms with Crippen LogP contribution in [0.3, 0.4) is 0 Å². The number of hydrogen-bond acceptors (Lipinski definition) is 7. The quantitative estimate of drug-likeness (QED) is 0.458. The molecule has 3 atom stereocenters. The number of rotatable bonds is 7. The van der Waals surface area contributed by atoms with Crippen LogP contribution < -0.4 is 29.0 Å². The highest BCUT2D eigenvalue weighted by Gasteiger charge is 2.49. The molecule has 10 heteroatoms. The molecule has 0 aliphatic carbocycles. The third kappa shape index (κ3) is 4.80. The van der Waals surface area contributed by atoms with Crippen molar-refractivity contribution >= 4 is 5.91 Å². The predicted molar refractivity (Wildman–Crippen MR) is 135 cm³/mol. The maximum absolute atomic E-state index is 13.8. The van der Waals surface area contributed by atoms with E-state index in [0.717, 1.165) is 11.1 Å². The number of ether oxygens (including phenoxy) is 6. The second kappa shape index (κ2) is 9.60. The Bertz CT molecular complexity index is 1400. The molecule has 0 spiro atoms. The van der Waals surface area contributed by atoms with Crippen molar-refractivity contribution in [3.8, 4) is 28.7 Å². The SMILES string of the molecule is COc1ccc2c(c1)O[C@@H](COCc1ccccc1)C[C@H]2NC(=O)[C@@]1(C)COc2cc3c(cc21)OC(F)(F)O3. The molecule has 3 aliphatic rings. The molecule has 1 amide bonds. The molecule has 0 saturated carbocycles. The third-order valence-electron chi connectivity index (χ3n) is 7.22. The first kappa shape index (κ1) is 25.2. The van der Waals surface area contributed by atoms with Gasteiger partial charge in [0.2, 0.25) is 5.91 Å². The molecule has 0 aromatic heterocycles. The summed E-state index contributed by atoms with van der Waals surface area (Å²) in [6, 6.07) is 17.6. The Hall–Kier alpha value is -4.05. The summed E-state index contributed by atoms with van der Waals surface area (Å²) in [5.74, 6) is 0.943. The standard InChI is InChI=1S/C29H27F2NO7/c1-28(16-36-24-13-26-25(12-21(24)28)38-29(30,31)39-26)27(33)32-22-10-19(15-35-14-17-6-4-3-5-7-17)37-23-11-18(34-2)8-9-20(22)23/h3-9,11-13,19,22H,10,14-16H2,1-2H3,(H,32,33)/t19-,22-,28+/m1/s1. The zero-order chi connectivity index (χ0) is 27.2. The average Bonchev–Trinajstić information content (AvgIpc) is 3.41. The van der Waals surface area contributed by atoms with Gasteiger partial charge >= 0.3 is 6.29 Å². The zero-order valence-electron chi connectivity index (χ0n) is 21.4. The molecule has 3 aromatic carbocycles. The summed E-state index contributed by atoms with van der Waals surface area (Å²) in [5.41, 5.74) is 1.16. The van der Waals surface area contributed by atoms with Gasteiger partial charge in [-0.2, -0.15) is 0 Å². The first-order valence-electron chi connectivity index (χ1n) is 12.6. The van der Waals surface area contributed by atoms with E-state index in [0.29, 0.717) is 42.4 Å². The summed E-state index contributed by atoms with van der Waals surface area (Å²) in [7, 11) is 1.57. The van der Waals surface area contributed by atoms with Gasteiger partial charge in [-0.25, -0.2) is 0 Å². The highest BCUT2D eigenvalue weighted by molar-refractivity contribution is 5.90. The van der Waals surface area contributed by atoms with Crippen molar-refractivity contribution < 1.29 is 42.0 Å². The van der Waals surface area contributed by atoms with Crippen molar-refractivity contribution in [2.24, 2.45) is 0 Å². The van der Waals surface area contributed by atoms with E-state index in [1.807, 2.05) is 42.5 Å². The molecule has 3 aromatic rings. The maximum atomic E-state index is 13.8. The van der Waals surface area contributed by atoms with Crippen molar-refractivity contribution in [3.05, 3.63) is 77.4 Å². The average molecular weight is 540 g/mol. The number of carbonyl (C=O) groups is 1. The van der Waals surface area contributed by atoms with Crippen LogP contribution in [0.2, 0.25) is 0 Å². The molecule has 1 N–H and O–H groups in total. The predicted octanol–water partition coefficient (Wildman–Crippen LogP) is 4.89. The van der Waals surface area contributed by atoms with E-state index >= 15 is 0 Å². The fourth-order valence-electron chi connectivity index (χ4n) is 5.10. The number of amides is 1. The van der Waals surface area contributed by atoms with Gasteiger partial charge in [-0.1, -0.05) is 30.3 Å². The Morgan fingerprint density at radius 3 is 2.56 bits per heavy atom. The molecule has 0 radical (unpaired) electrons. The summed E-state index contributed by atoms with van der Waals surface area (Å²) >= 11 is 0. The van der Waals surface area contributed by atoms with Gasteiger partial charge in [0.15, 0.2) is 11.5 Å². The normalized spacial score (nSPS) is 23.7. The summed E-state index contributed by atoms with van der Waals surface area (Å²) in [4.78, 5) is 13.8. The minimum atomic E-state index is -3.76. The molecular weight excluding hydrogens is 512 g/mol. The van der Waals surface area contributed by atoms with E-state index in [1.54, 1.807) is 20.1 Å². The Morgan fingerprint density at radius 2 is 1.79 bits per heavy atom. The van der Waals surface area contributed by atoms with E-state index in [1.165, 1.54) is 12.1 Å². The second-order valence-electron chi connectivity index (χ2n) is 9.99. The molecule has 0 unspecified atom stereocenters. The highest BCUT2D eigenvalue weighted by Crippen LogP contribution is 2.50. The lowest BCUT2D eigenvalue weighted by Crippen LogP contribution is -2.47. The van der Waals surface area contributed by atoms with Crippen LogP contribution in [0.15, 0.2) is 60.7 Å². The van der Waals surface area contributed by atoms with Gasteiger partial charge in [0, 0.05) is 29.7 Å². The molecule has 8 nitrogen and oxygen atoms in total. The molecule has 3 heterocycles. The van der Waals surface area contributed by atoms with Crippen LogP contribution in [-0.4, -0.2) is 38.6 Å². The fourth-order valence-corrected chi connectivity index (χ4v) is 5.10. The maximum Gasteiger partial charge on any atom is 0.586 e.